The average Bonchev–Trinajstić information content (AvgIpc) is 2.13. The highest BCUT2D eigenvalue weighted by Crippen LogP contribution is 2.41. The maximum Gasteiger partial charge on any atom is 0.312 e. The first kappa shape index (κ1) is 18.5. The number of esters is 1. The van der Waals surface area contributed by atoms with Gasteiger partial charge in [-0.15, -0.1) is 0 Å². The Balaban J connectivity index is 5.16. The fourth-order valence-electron chi connectivity index (χ4n) is 2.09. The predicted octanol–water partition coefficient (Wildman–Crippen LogP) is 5.06. The summed E-state index contributed by atoms with van der Waals surface area (Å²) in [4.78, 5) is 12.7. The number of hydrogen-bond acceptors (Lipinski definition) is 2. The Hall–Kier alpha value is -0.530. The molecule has 0 spiro atoms. The van der Waals surface area contributed by atoms with Gasteiger partial charge in [-0.3, -0.25) is 4.79 Å². The summed E-state index contributed by atoms with van der Waals surface area (Å²) in [6.07, 6.45) is 0.838. The fraction of sp³-hybridized carbons (Fsp3) is 0.941. The minimum Gasteiger partial charge on any atom is -0.459 e. The molecule has 0 aliphatic heterocycles. The minimum atomic E-state index is -0.426. The lowest BCUT2D eigenvalue weighted by Gasteiger charge is -2.40. The highest BCUT2D eigenvalue weighted by Gasteiger charge is 2.43. The number of carbonyl (C=O) groups is 1. The molecule has 0 saturated carbocycles. The molecule has 1 unspecified atom stereocenters. The van der Waals surface area contributed by atoms with Crippen molar-refractivity contribution in [1.82, 2.24) is 0 Å². The van der Waals surface area contributed by atoms with Crippen molar-refractivity contribution >= 4 is 5.97 Å². The topological polar surface area (TPSA) is 26.3 Å². The zero-order valence-corrected chi connectivity index (χ0v) is 14.7. The Bertz CT molecular complexity index is 308. The zero-order valence-electron chi connectivity index (χ0n) is 14.7. The van der Waals surface area contributed by atoms with E-state index in [2.05, 4.69) is 48.5 Å². The van der Waals surface area contributed by atoms with Gasteiger partial charge in [-0.05, 0) is 44.4 Å². The van der Waals surface area contributed by atoms with Gasteiger partial charge in [-0.25, -0.2) is 0 Å². The second-order valence-corrected chi connectivity index (χ2v) is 8.46. The highest BCUT2D eigenvalue weighted by molar-refractivity contribution is 5.77. The van der Waals surface area contributed by atoms with E-state index >= 15 is 0 Å². The SMILES string of the molecule is CC(C)C(C)(C)OC(=O)C(C)(CC(C)(C)C)C(C)C. The van der Waals surface area contributed by atoms with Crippen LogP contribution in [0.4, 0.5) is 0 Å². The van der Waals surface area contributed by atoms with Crippen molar-refractivity contribution in [1.29, 1.82) is 0 Å². The molecular weight excluding hydrogens is 236 g/mol. The molecule has 0 radical (unpaired) electrons. The minimum absolute atomic E-state index is 0.0591. The van der Waals surface area contributed by atoms with Crippen molar-refractivity contribution in [3.05, 3.63) is 0 Å². The van der Waals surface area contributed by atoms with Gasteiger partial charge < -0.3 is 4.74 Å². The van der Waals surface area contributed by atoms with Crippen LogP contribution in [0.15, 0.2) is 0 Å². The lowest BCUT2D eigenvalue weighted by molar-refractivity contribution is -0.177. The second-order valence-electron chi connectivity index (χ2n) is 8.46. The van der Waals surface area contributed by atoms with Gasteiger partial charge in [0.1, 0.15) is 5.60 Å². The highest BCUT2D eigenvalue weighted by atomic mass is 16.6. The van der Waals surface area contributed by atoms with Gasteiger partial charge in [0.25, 0.3) is 0 Å². The summed E-state index contributed by atoms with van der Waals surface area (Å²) in [5, 5.41) is 0. The van der Waals surface area contributed by atoms with Crippen molar-refractivity contribution in [3.8, 4) is 0 Å². The molecule has 0 aromatic heterocycles. The van der Waals surface area contributed by atoms with Crippen LogP contribution in [0, 0.1) is 22.7 Å². The van der Waals surface area contributed by atoms with Crippen molar-refractivity contribution < 1.29 is 9.53 Å². The number of hydrogen-bond donors (Lipinski definition) is 0. The summed E-state index contributed by atoms with van der Waals surface area (Å²) in [7, 11) is 0. The van der Waals surface area contributed by atoms with E-state index in [1.54, 1.807) is 0 Å². The largest absolute Gasteiger partial charge is 0.459 e. The van der Waals surface area contributed by atoms with E-state index in [1.165, 1.54) is 0 Å². The van der Waals surface area contributed by atoms with Crippen LogP contribution in [-0.2, 0) is 9.53 Å². The van der Waals surface area contributed by atoms with Crippen LogP contribution in [0.1, 0.15) is 75.7 Å². The second kappa shape index (κ2) is 5.85. The molecule has 0 amide bonds. The molecule has 0 aliphatic carbocycles. The molecule has 0 aromatic carbocycles. The van der Waals surface area contributed by atoms with E-state index in [4.69, 9.17) is 4.74 Å². The van der Waals surface area contributed by atoms with Gasteiger partial charge in [0.05, 0.1) is 5.41 Å². The van der Waals surface area contributed by atoms with E-state index in [1.807, 2.05) is 20.8 Å². The monoisotopic (exact) mass is 270 g/mol. The molecule has 114 valence electrons. The van der Waals surface area contributed by atoms with E-state index in [9.17, 15) is 4.79 Å². The molecule has 0 aromatic rings. The Morgan fingerprint density at radius 2 is 1.32 bits per heavy atom. The van der Waals surface area contributed by atoms with Gasteiger partial charge in [0, 0.05) is 0 Å². The van der Waals surface area contributed by atoms with E-state index in [0.717, 1.165) is 6.42 Å². The van der Waals surface area contributed by atoms with E-state index < -0.39 is 11.0 Å². The lowest BCUT2D eigenvalue weighted by Crippen LogP contribution is -2.44. The van der Waals surface area contributed by atoms with Crippen LogP contribution in [0.25, 0.3) is 0 Å². The van der Waals surface area contributed by atoms with E-state index in [0.29, 0.717) is 5.92 Å². The van der Waals surface area contributed by atoms with Crippen LogP contribution in [0.3, 0.4) is 0 Å². The van der Waals surface area contributed by atoms with Crippen molar-refractivity contribution in [2.75, 3.05) is 0 Å². The molecule has 2 heteroatoms. The fourth-order valence-corrected chi connectivity index (χ4v) is 2.09. The first-order chi connectivity index (χ1) is 8.22. The van der Waals surface area contributed by atoms with E-state index in [-0.39, 0.29) is 17.3 Å². The van der Waals surface area contributed by atoms with Crippen LogP contribution in [-0.4, -0.2) is 11.6 Å². The van der Waals surface area contributed by atoms with Crippen LogP contribution < -0.4 is 0 Å². The Morgan fingerprint density at radius 1 is 0.895 bits per heavy atom. The molecular formula is C17H34O2. The predicted molar refractivity (Wildman–Crippen MR) is 82.0 cm³/mol. The van der Waals surface area contributed by atoms with Crippen LogP contribution in [0.2, 0.25) is 0 Å². The molecule has 0 bridgehead atoms. The first-order valence-electron chi connectivity index (χ1n) is 7.46. The molecule has 0 rings (SSSR count). The molecule has 1 atom stereocenters. The lowest BCUT2D eigenvalue weighted by atomic mass is 9.68. The zero-order chi connectivity index (χ0) is 15.6. The summed E-state index contributed by atoms with van der Waals surface area (Å²) in [6.45, 7) is 20.9. The summed E-state index contributed by atoms with van der Waals surface area (Å²) in [6, 6.07) is 0. The number of carbonyl (C=O) groups excluding carboxylic acids is 1. The van der Waals surface area contributed by atoms with Crippen molar-refractivity contribution in [2.24, 2.45) is 22.7 Å². The quantitative estimate of drug-likeness (QED) is 0.652. The van der Waals surface area contributed by atoms with Crippen LogP contribution in [0.5, 0.6) is 0 Å². The Kier molecular flexibility index (Phi) is 5.68. The summed E-state index contributed by atoms with van der Waals surface area (Å²) in [5.74, 6) is 0.515. The molecule has 2 nitrogen and oxygen atoms in total. The summed E-state index contributed by atoms with van der Waals surface area (Å²) in [5.41, 5.74) is -0.727. The molecule has 0 N–H and O–H groups in total. The van der Waals surface area contributed by atoms with Gasteiger partial charge >= 0.3 is 5.97 Å². The summed E-state index contributed by atoms with van der Waals surface area (Å²) >= 11 is 0. The first-order valence-corrected chi connectivity index (χ1v) is 7.46. The Labute approximate surface area is 120 Å². The summed E-state index contributed by atoms with van der Waals surface area (Å²) < 4.78 is 5.83. The van der Waals surface area contributed by atoms with Crippen LogP contribution >= 0.6 is 0 Å². The smallest absolute Gasteiger partial charge is 0.312 e. The molecule has 0 fully saturated rings. The molecule has 0 heterocycles. The van der Waals surface area contributed by atoms with Crippen molar-refractivity contribution in [2.45, 2.75) is 81.3 Å². The normalized spacial score (nSPS) is 16.6. The average molecular weight is 270 g/mol. The third-order valence-electron chi connectivity index (χ3n) is 4.38. The van der Waals surface area contributed by atoms with Crippen molar-refractivity contribution in [3.63, 3.8) is 0 Å². The molecule has 19 heavy (non-hydrogen) atoms. The third kappa shape index (κ3) is 5.16. The molecule has 0 saturated heterocycles. The van der Waals surface area contributed by atoms with Gasteiger partial charge in [0.15, 0.2) is 0 Å². The maximum atomic E-state index is 12.7. The van der Waals surface area contributed by atoms with Gasteiger partial charge in [-0.2, -0.15) is 0 Å². The third-order valence-corrected chi connectivity index (χ3v) is 4.38. The maximum absolute atomic E-state index is 12.7. The standard InChI is InChI=1S/C17H34O2/c1-12(2)16(8,9)19-14(18)17(10,13(3)4)11-15(5,6)7/h12-13H,11H2,1-10H3. The number of rotatable bonds is 5. The Morgan fingerprint density at radius 3 is 1.58 bits per heavy atom. The van der Waals surface area contributed by atoms with Gasteiger partial charge in [-0.1, -0.05) is 48.5 Å². The van der Waals surface area contributed by atoms with Gasteiger partial charge in [0.2, 0.25) is 0 Å². The molecule has 0 aliphatic rings. The number of ether oxygens (including phenoxy) is 1.